The number of rotatable bonds is 9. The molecule has 1 saturated heterocycles. The molecule has 11 nitrogen and oxygen atoms in total. The molecule has 0 saturated carbocycles. The molecule has 3 N–H and O–H groups in total. The van der Waals surface area contributed by atoms with Crippen LogP contribution in [0.25, 0.3) is 0 Å². The van der Waals surface area contributed by atoms with Gasteiger partial charge in [-0.05, 0) is 5.57 Å². The van der Waals surface area contributed by atoms with Crippen LogP contribution in [0, 0.1) is 0 Å². The first-order chi connectivity index (χ1) is 18.0. The molecule has 0 aromatic carbocycles. The molecule has 38 heavy (non-hydrogen) atoms. The van der Waals surface area contributed by atoms with Crippen molar-refractivity contribution in [3.63, 3.8) is 0 Å². The van der Waals surface area contributed by atoms with E-state index in [2.05, 4.69) is 15.5 Å². The molecule has 0 unspecified atom stereocenters. The number of aromatic nitrogens is 2. The van der Waals surface area contributed by atoms with Crippen LogP contribution in [-0.2, 0) is 25.8 Å². The number of nitrogens with zero attached hydrogens (tertiary/aromatic N) is 4. The number of fused-ring (bicyclic) bond motifs is 1. The van der Waals surface area contributed by atoms with Gasteiger partial charge in [-0.3, -0.25) is 14.5 Å². The van der Waals surface area contributed by atoms with E-state index in [1.807, 2.05) is 0 Å². The van der Waals surface area contributed by atoms with E-state index in [9.17, 15) is 32.7 Å². The fraction of sp³-hybridized carbons (Fsp3) is 0.333. The Balaban J connectivity index is 1.44. The number of hydrogen-bond acceptors (Lipinski definition) is 11. The van der Waals surface area contributed by atoms with Gasteiger partial charge in [0.25, 0.3) is 11.8 Å². The molecule has 2 atom stereocenters. The van der Waals surface area contributed by atoms with Gasteiger partial charge >= 0.3 is 6.18 Å². The monoisotopic (exact) mass is 588 g/mol. The number of pyridine rings is 1. The molecule has 2 aromatic heterocycles. The largest absolute Gasteiger partial charge is 0.543 e. The van der Waals surface area contributed by atoms with Crippen molar-refractivity contribution in [1.29, 1.82) is 0 Å². The van der Waals surface area contributed by atoms with Gasteiger partial charge in [-0.15, -0.1) is 34.9 Å². The molecule has 2 amide bonds. The molecule has 202 valence electrons. The highest BCUT2D eigenvalue weighted by Crippen LogP contribution is 2.41. The highest BCUT2D eigenvalue weighted by Gasteiger charge is 2.53. The van der Waals surface area contributed by atoms with Crippen molar-refractivity contribution in [1.82, 2.24) is 15.2 Å². The number of nitrogen functional groups attached to an aromatic ring is 1. The van der Waals surface area contributed by atoms with E-state index in [-0.39, 0.29) is 33.7 Å². The van der Waals surface area contributed by atoms with Gasteiger partial charge in [0.2, 0.25) is 6.54 Å². The summed E-state index contributed by atoms with van der Waals surface area (Å²) in [5, 5.41) is 19.2. The third-order valence-electron chi connectivity index (χ3n) is 5.32. The Bertz CT molecular complexity index is 1310. The fourth-order valence-corrected chi connectivity index (χ4v) is 6.62. The lowest BCUT2D eigenvalue weighted by Gasteiger charge is -2.50. The molecule has 2 aliphatic heterocycles. The van der Waals surface area contributed by atoms with Crippen LogP contribution in [0.2, 0.25) is 0 Å². The van der Waals surface area contributed by atoms with Crippen molar-refractivity contribution in [2.24, 2.45) is 5.16 Å². The minimum absolute atomic E-state index is 0.159. The molecule has 0 radical (unpaired) electrons. The van der Waals surface area contributed by atoms with Gasteiger partial charge in [0.1, 0.15) is 24.2 Å². The number of carbonyl (C=O) groups is 3. The Labute approximate surface area is 225 Å². The van der Waals surface area contributed by atoms with Crippen LogP contribution in [0.15, 0.2) is 51.2 Å². The number of thiazole rings is 1. The Hall–Kier alpha value is -3.31. The number of nitrogens with two attached hydrogens (primary N) is 1. The Kier molecular flexibility index (Phi) is 8.17. The first kappa shape index (κ1) is 27.7. The van der Waals surface area contributed by atoms with Crippen molar-refractivity contribution in [3.8, 4) is 0 Å². The van der Waals surface area contributed by atoms with Crippen LogP contribution in [0.5, 0.6) is 0 Å². The standard InChI is InChI=1S/C21H19F3N6O5S3/c1-35-28-13(12-8-38-20(25)26-12)16(31)27-14-17(32)30-15(19(33)34)10(7-37-18(14)30)6-36-11-2-4-29(5-3-11)9-21(22,23)24/h2-5,8,14,18H,6-7,9H2,1H3,(H3-,25,26,27,31,33,34)/b28-13-/t14-,18-/m1/s1. The van der Waals surface area contributed by atoms with Crippen LogP contribution in [0.4, 0.5) is 18.3 Å². The number of amides is 2. The summed E-state index contributed by atoms with van der Waals surface area (Å²) in [6.07, 6.45) is -1.79. The number of β-lactam (4-membered cyclic amide) rings is 1. The van der Waals surface area contributed by atoms with Crippen molar-refractivity contribution in [2.75, 3.05) is 24.3 Å². The summed E-state index contributed by atoms with van der Waals surface area (Å²) in [7, 11) is 1.24. The highest BCUT2D eigenvalue weighted by atomic mass is 32.2. The molecular formula is C21H19F3N6O5S3. The van der Waals surface area contributed by atoms with Gasteiger partial charge in [-0.25, -0.2) is 4.98 Å². The molecule has 0 spiro atoms. The maximum Gasteiger partial charge on any atom is 0.448 e. The minimum Gasteiger partial charge on any atom is -0.543 e. The van der Waals surface area contributed by atoms with E-state index in [1.54, 1.807) is 0 Å². The number of alkyl halides is 3. The lowest BCUT2D eigenvalue weighted by Crippen LogP contribution is -2.71. The minimum atomic E-state index is -4.35. The molecule has 2 aliphatic rings. The number of carboxylic acids is 1. The van der Waals surface area contributed by atoms with Crippen LogP contribution in [0.3, 0.4) is 0 Å². The van der Waals surface area contributed by atoms with E-state index in [0.717, 1.165) is 20.8 Å². The second kappa shape index (κ2) is 11.2. The number of carboxylic acid groups (broad SMARTS) is 1. The van der Waals surface area contributed by atoms with Crippen LogP contribution in [-0.4, -0.2) is 69.6 Å². The first-order valence-electron chi connectivity index (χ1n) is 10.7. The van der Waals surface area contributed by atoms with Gasteiger partial charge in [0.15, 0.2) is 23.2 Å². The highest BCUT2D eigenvalue weighted by molar-refractivity contribution is 8.01. The quantitative estimate of drug-likeness (QED) is 0.137. The van der Waals surface area contributed by atoms with Crippen LogP contribution < -0.4 is 20.7 Å². The number of carbonyl (C=O) groups excluding carboxylic acids is 3. The van der Waals surface area contributed by atoms with Gasteiger partial charge in [0.05, 0.1) is 11.7 Å². The number of thioether (sulfide) groups is 2. The Morgan fingerprint density at radius 2 is 2.11 bits per heavy atom. The summed E-state index contributed by atoms with van der Waals surface area (Å²) in [5.41, 5.74) is 5.71. The predicted octanol–water partition coefficient (Wildman–Crippen LogP) is 0.122. The zero-order valence-electron chi connectivity index (χ0n) is 19.4. The van der Waals surface area contributed by atoms with Gasteiger partial charge < -0.3 is 25.8 Å². The second-order valence-corrected chi connectivity index (χ2v) is 10.9. The van der Waals surface area contributed by atoms with Crippen molar-refractivity contribution in [3.05, 3.63) is 46.9 Å². The van der Waals surface area contributed by atoms with E-state index >= 15 is 0 Å². The van der Waals surface area contributed by atoms with Crippen molar-refractivity contribution >= 4 is 63.5 Å². The summed E-state index contributed by atoms with van der Waals surface area (Å²) in [5.74, 6) is -2.52. The summed E-state index contributed by atoms with van der Waals surface area (Å²) >= 11 is 3.56. The number of halogens is 3. The van der Waals surface area contributed by atoms with E-state index in [0.29, 0.717) is 10.5 Å². The smallest absolute Gasteiger partial charge is 0.448 e. The zero-order valence-corrected chi connectivity index (χ0v) is 21.9. The molecule has 17 heteroatoms. The molecule has 4 heterocycles. The summed E-state index contributed by atoms with van der Waals surface area (Å²) in [6, 6.07) is 1.96. The lowest BCUT2D eigenvalue weighted by molar-refractivity contribution is -0.719. The Morgan fingerprint density at radius 1 is 1.39 bits per heavy atom. The summed E-state index contributed by atoms with van der Waals surface area (Å²) in [6.45, 7) is -1.12. The van der Waals surface area contributed by atoms with Crippen LogP contribution >= 0.6 is 34.9 Å². The molecule has 1 fully saturated rings. The molecule has 0 bridgehead atoms. The molecule has 4 rings (SSSR count). The average Bonchev–Trinajstić information content (AvgIpc) is 3.29. The normalized spacial score (nSPS) is 19.6. The van der Waals surface area contributed by atoms with E-state index in [1.165, 1.54) is 60.5 Å². The second-order valence-electron chi connectivity index (χ2n) is 7.90. The maximum atomic E-state index is 12.9. The molecule has 2 aromatic rings. The van der Waals surface area contributed by atoms with Crippen LogP contribution in [0.1, 0.15) is 5.69 Å². The third-order valence-corrected chi connectivity index (χ3v) is 8.44. The van der Waals surface area contributed by atoms with E-state index in [4.69, 9.17) is 10.6 Å². The van der Waals surface area contributed by atoms with Gasteiger partial charge in [0, 0.05) is 33.9 Å². The van der Waals surface area contributed by atoms with Gasteiger partial charge in [-0.2, -0.15) is 17.7 Å². The number of aliphatic carboxylic acids is 1. The third kappa shape index (κ3) is 6.05. The molecule has 0 aliphatic carbocycles. The summed E-state index contributed by atoms with van der Waals surface area (Å²) < 4.78 is 38.6. The number of oxime groups is 1. The average molecular weight is 589 g/mol. The number of nitrogens with one attached hydrogen (secondary N) is 1. The maximum absolute atomic E-state index is 12.9. The fourth-order valence-electron chi connectivity index (χ4n) is 3.71. The topological polar surface area (TPSA) is 154 Å². The van der Waals surface area contributed by atoms with Crippen molar-refractivity contribution in [2.45, 2.75) is 29.0 Å². The SMILES string of the molecule is CO/N=C(\C(=O)N[C@@H]1C(=O)N2C(C(=O)[O-])=C(CSc3cc[n+](CC(F)(F)F)cc3)CS[C@H]12)c1csc(N)n1. The van der Waals surface area contributed by atoms with E-state index < -0.39 is 41.9 Å². The number of hydrogen-bond donors (Lipinski definition) is 2. The first-order valence-corrected chi connectivity index (χ1v) is 13.6. The lowest BCUT2D eigenvalue weighted by atomic mass is 10.0. The van der Waals surface area contributed by atoms with Crippen molar-refractivity contribution < 1.29 is 42.1 Å². The predicted molar refractivity (Wildman–Crippen MR) is 131 cm³/mol. The summed E-state index contributed by atoms with van der Waals surface area (Å²) in [4.78, 5) is 48.1. The molecular weight excluding hydrogens is 569 g/mol. The van der Waals surface area contributed by atoms with Gasteiger partial charge in [-0.1, -0.05) is 5.16 Å². The Morgan fingerprint density at radius 3 is 2.68 bits per heavy atom. The number of anilines is 1. The zero-order chi connectivity index (χ0) is 27.6.